The minimum absolute atomic E-state index is 0.253. The molecule has 0 aromatic heterocycles. The topological polar surface area (TPSA) is 78.9 Å². The van der Waals surface area contributed by atoms with E-state index >= 15 is 0 Å². The fourth-order valence-corrected chi connectivity index (χ4v) is 1.77. The number of piperidine rings is 1. The van der Waals surface area contributed by atoms with Gasteiger partial charge in [0.2, 0.25) is 0 Å². The van der Waals surface area contributed by atoms with Gasteiger partial charge in [0.25, 0.3) is 0 Å². The summed E-state index contributed by atoms with van der Waals surface area (Å²) < 4.78 is 38.5. The first-order valence-electron chi connectivity index (χ1n) is 5.76. The van der Waals surface area contributed by atoms with E-state index in [0.29, 0.717) is 12.8 Å². The summed E-state index contributed by atoms with van der Waals surface area (Å²) in [5.74, 6) is -1.35. The lowest BCUT2D eigenvalue weighted by Crippen LogP contribution is -2.46. The molecule has 1 fully saturated rings. The van der Waals surface area contributed by atoms with Crippen LogP contribution in [0.1, 0.15) is 12.8 Å². The summed E-state index contributed by atoms with van der Waals surface area (Å²) in [4.78, 5) is 23.6. The summed E-state index contributed by atoms with van der Waals surface area (Å²) >= 11 is 0. The van der Waals surface area contributed by atoms with E-state index in [2.05, 4.69) is 10.1 Å². The second kappa shape index (κ2) is 6.60. The minimum Gasteiger partial charge on any atom is -0.481 e. The molecule has 2 N–H and O–H groups in total. The highest BCUT2D eigenvalue weighted by molar-refractivity contribution is 5.75. The van der Waals surface area contributed by atoms with Gasteiger partial charge in [0.05, 0.1) is 12.5 Å². The molecule has 1 saturated heterocycles. The Balaban J connectivity index is 2.19. The Morgan fingerprint density at radius 3 is 2.37 bits per heavy atom. The number of carbonyl (C=O) groups is 2. The molecule has 0 aromatic rings. The van der Waals surface area contributed by atoms with Crippen molar-refractivity contribution in [2.45, 2.75) is 19.2 Å². The van der Waals surface area contributed by atoms with E-state index in [0.717, 1.165) is 0 Å². The number of carbonyl (C=O) groups excluding carboxylic acids is 1. The lowest BCUT2D eigenvalue weighted by molar-refractivity contribution is -0.323. The van der Waals surface area contributed by atoms with Crippen LogP contribution in [0.3, 0.4) is 0 Å². The normalized spacial score (nSPS) is 17.3. The molecule has 0 saturated carbocycles. The van der Waals surface area contributed by atoms with Crippen LogP contribution in [0.4, 0.5) is 18.0 Å². The van der Waals surface area contributed by atoms with E-state index in [1.54, 1.807) is 0 Å². The van der Waals surface area contributed by atoms with Gasteiger partial charge in [-0.2, -0.15) is 0 Å². The Morgan fingerprint density at radius 2 is 1.89 bits per heavy atom. The Hall–Kier alpha value is -1.51. The summed E-state index contributed by atoms with van der Waals surface area (Å²) in [6, 6.07) is -0.505. The van der Waals surface area contributed by atoms with Crippen molar-refractivity contribution >= 4 is 12.0 Å². The number of urea groups is 1. The molecule has 1 rings (SSSR count). The van der Waals surface area contributed by atoms with Crippen LogP contribution in [0.5, 0.6) is 0 Å². The first kappa shape index (κ1) is 15.5. The number of nitrogens with zero attached hydrogens (tertiary/aromatic N) is 1. The highest BCUT2D eigenvalue weighted by Crippen LogP contribution is 2.17. The molecule has 0 unspecified atom stereocenters. The van der Waals surface area contributed by atoms with Crippen LogP contribution in [0, 0.1) is 5.92 Å². The predicted molar refractivity (Wildman–Crippen MR) is 57.3 cm³/mol. The molecule has 0 radical (unpaired) electrons. The van der Waals surface area contributed by atoms with Crippen molar-refractivity contribution in [1.29, 1.82) is 0 Å². The molecule has 0 aromatic carbocycles. The van der Waals surface area contributed by atoms with Gasteiger partial charge in [-0.25, -0.2) is 4.79 Å². The van der Waals surface area contributed by atoms with Gasteiger partial charge in [-0.3, -0.25) is 9.53 Å². The highest BCUT2D eigenvalue weighted by Gasteiger charge is 2.29. The second-order valence-electron chi connectivity index (χ2n) is 4.13. The van der Waals surface area contributed by atoms with E-state index in [1.807, 2.05) is 0 Å². The van der Waals surface area contributed by atoms with Gasteiger partial charge in [0.15, 0.2) is 0 Å². The Bertz CT molecular complexity index is 327. The molecule has 1 aliphatic heterocycles. The Morgan fingerprint density at radius 1 is 1.32 bits per heavy atom. The maximum Gasteiger partial charge on any atom is 0.522 e. The SMILES string of the molecule is O=C(O)C1CCN(C(=O)NCCOC(F)(F)F)CC1. The number of nitrogens with one attached hydrogen (secondary N) is 1. The molecule has 0 spiro atoms. The van der Waals surface area contributed by atoms with E-state index in [1.165, 1.54) is 4.90 Å². The van der Waals surface area contributed by atoms with Gasteiger partial charge in [0.1, 0.15) is 0 Å². The number of aliphatic carboxylic acids is 1. The van der Waals surface area contributed by atoms with Gasteiger partial charge >= 0.3 is 18.4 Å². The molecule has 2 amide bonds. The lowest BCUT2D eigenvalue weighted by atomic mass is 9.97. The maximum atomic E-state index is 11.7. The standard InChI is InChI=1S/C10H15F3N2O4/c11-10(12,13)19-6-3-14-9(18)15-4-1-7(2-5-15)8(16)17/h7H,1-6H2,(H,14,18)(H,16,17). The number of amides is 2. The second-order valence-corrected chi connectivity index (χ2v) is 4.13. The van der Waals surface area contributed by atoms with Gasteiger partial charge in [-0.05, 0) is 12.8 Å². The number of rotatable bonds is 4. The summed E-state index contributed by atoms with van der Waals surface area (Å²) in [5.41, 5.74) is 0. The zero-order chi connectivity index (χ0) is 14.5. The van der Waals surface area contributed by atoms with Crippen molar-refractivity contribution in [3.05, 3.63) is 0 Å². The molecule has 1 heterocycles. The van der Waals surface area contributed by atoms with Crippen LogP contribution in [0.25, 0.3) is 0 Å². The smallest absolute Gasteiger partial charge is 0.481 e. The molecule has 1 aliphatic rings. The predicted octanol–water partition coefficient (Wildman–Crippen LogP) is 1.03. The first-order chi connectivity index (χ1) is 8.79. The van der Waals surface area contributed by atoms with Gasteiger partial charge in [-0.15, -0.1) is 13.2 Å². The van der Waals surface area contributed by atoms with Gasteiger partial charge in [0, 0.05) is 19.6 Å². The number of ether oxygens (including phenoxy) is 1. The number of hydrogen-bond acceptors (Lipinski definition) is 3. The van der Waals surface area contributed by atoms with Crippen molar-refractivity contribution in [2.75, 3.05) is 26.2 Å². The maximum absolute atomic E-state index is 11.7. The van der Waals surface area contributed by atoms with E-state index in [-0.39, 0.29) is 19.6 Å². The number of carboxylic acids is 1. The molecule has 19 heavy (non-hydrogen) atoms. The van der Waals surface area contributed by atoms with E-state index in [9.17, 15) is 22.8 Å². The molecule has 0 aliphatic carbocycles. The third-order valence-electron chi connectivity index (χ3n) is 2.78. The quantitative estimate of drug-likeness (QED) is 0.756. The van der Waals surface area contributed by atoms with Crippen LogP contribution >= 0.6 is 0 Å². The molecule has 6 nitrogen and oxygen atoms in total. The largest absolute Gasteiger partial charge is 0.522 e. The third-order valence-corrected chi connectivity index (χ3v) is 2.78. The highest BCUT2D eigenvalue weighted by atomic mass is 19.4. The van der Waals surface area contributed by atoms with Crippen molar-refractivity contribution in [2.24, 2.45) is 5.92 Å². The van der Waals surface area contributed by atoms with Crippen LogP contribution in [0.2, 0.25) is 0 Å². The molecule has 9 heteroatoms. The minimum atomic E-state index is -4.70. The third kappa shape index (κ3) is 5.77. The molecule has 110 valence electrons. The first-order valence-corrected chi connectivity index (χ1v) is 5.76. The number of halogens is 3. The average Bonchev–Trinajstić information content (AvgIpc) is 2.33. The van der Waals surface area contributed by atoms with Gasteiger partial charge < -0.3 is 15.3 Å². The van der Waals surface area contributed by atoms with Crippen LogP contribution < -0.4 is 5.32 Å². The summed E-state index contributed by atoms with van der Waals surface area (Å²) in [6.07, 6.45) is -4.01. The van der Waals surface area contributed by atoms with Crippen LogP contribution in [0.15, 0.2) is 0 Å². The number of carboxylic acid groups (broad SMARTS) is 1. The van der Waals surface area contributed by atoms with Gasteiger partial charge in [-0.1, -0.05) is 0 Å². The number of alkyl halides is 3. The fourth-order valence-electron chi connectivity index (χ4n) is 1.77. The van der Waals surface area contributed by atoms with Crippen molar-refractivity contribution < 1.29 is 32.6 Å². The molecular formula is C10H15F3N2O4. The van der Waals surface area contributed by atoms with Crippen molar-refractivity contribution in [3.63, 3.8) is 0 Å². The fraction of sp³-hybridized carbons (Fsp3) is 0.800. The van der Waals surface area contributed by atoms with E-state index < -0.39 is 30.9 Å². The Labute approximate surface area is 107 Å². The summed E-state index contributed by atoms with van der Waals surface area (Å²) in [5, 5.41) is 11.1. The summed E-state index contributed by atoms with van der Waals surface area (Å²) in [6.45, 7) is -0.343. The van der Waals surface area contributed by atoms with Crippen LogP contribution in [-0.4, -0.2) is 54.6 Å². The molecular weight excluding hydrogens is 269 g/mol. The zero-order valence-electron chi connectivity index (χ0n) is 10.1. The Kier molecular flexibility index (Phi) is 5.40. The molecule has 0 atom stereocenters. The van der Waals surface area contributed by atoms with Crippen molar-refractivity contribution in [1.82, 2.24) is 10.2 Å². The number of hydrogen-bond donors (Lipinski definition) is 2. The van der Waals surface area contributed by atoms with E-state index in [4.69, 9.17) is 5.11 Å². The average molecular weight is 284 g/mol. The lowest BCUT2D eigenvalue weighted by Gasteiger charge is -2.30. The monoisotopic (exact) mass is 284 g/mol. The zero-order valence-corrected chi connectivity index (χ0v) is 10.1. The molecule has 0 bridgehead atoms. The van der Waals surface area contributed by atoms with Crippen molar-refractivity contribution in [3.8, 4) is 0 Å². The summed E-state index contributed by atoms with van der Waals surface area (Å²) in [7, 11) is 0. The number of likely N-dealkylation sites (tertiary alicyclic amines) is 1. The van der Waals surface area contributed by atoms with Crippen LogP contribution in [-0.2, 0) is 9.53 Å².